The predicted octanol–water partition coefficient (Wildman–Crippen LogP) is 1.90. The number of esters is 1. The summed E-state index contributed by atoms with van der Waals surface area (Å²) < 4.78 is 4.64. The lowest BCUT2D eigenvalue weighted by Crippen LogP contribution is -2.22. The van der Waals surface area contributed by atoms with Crippen LogP contribution in [0.2, 0.25) is 0 Å². The number of methoxy groups -OCH3 is 1. The van der Waals surface area contributed by atoms with E-state index in [1.165, 1.54) is 29.7 Å². The normalized spacial score (nSPS) is 16.4. The number of thioether (sulfide) groups is 1. The smallest absolute Gasteiger partial charge is 0.327 e. The van der Waals surface area contributed by atoms with E-state index in [0.29, 0.717) is 0 Å². The van der Waals surface area contributed by atoms with Gasteiger partial charge >= 0.3 is 5.97 Å². The van der Waals surface area contributed by atoms with E-state index in [9.17, 15) is 4.79 Å². The van der Waals surface area contributed by atoms with E-state index in [1.54, 1.807) is 0 Å². The van der Waals surface area contributed by atoms with Gasteiger partial charge in [-0.05, 0) is 35.8 Å². The zero-order valence-corrected chi connectivity index (χ0v) is 10.0. The summed E-state index contributed by atoms with van der Waals surface area (Å²) in [6.07, 6.45) is 2.26. The van der Waals surface area contributed by atoms with Gasteiger partial charge in [-0.25, -0.2) is 0 Å². The molecular formula is C12H15NO2S. The van der Waals surface area contributed by atoms with Crippen molar-refractivity contribution in [2.75, 3.05) is 12.9 Å². The van der Waals surface area contributed by atoms with Crippen molar-refractivity contribution in [3.8, 4) is 0 Å². The first kappa shape index (κ1) is 11.5. The van der Waals surface area contributed by atoms with Crippen LogP contribution in [-0.4, -0.2) is 18.8 Å². The molecule has 86 valence electrons. The van der Waals surface area contributed by atoms with Crippen molar-refractivity contribution < 1.29 is 9.53 Å². The number of hydrogen-bond acceptors (Lipinski definition) is 4. The Morgan fingerprint density at radius 3 is 3.12 bits per heavy atom. The zero-order valence-electron chi connectivity index (χ0n) is 9.23. The molecule has 1 aliphatic heterocycles. The molecule has 0 amide bonds. The van der Waals surface area contributed by atoms with Crippen LogP contribution in [0.3, 0.4) is 0 Å². The van der Waals surface area contributed by atoms with Crippen LogP contribution in [0.15, 0.2) is 23.1 Å². The highest BCUT2D eigenvalue weighted by Crippen LogP contribution is 2.31. The Labute approximate surface area is 99.4 Å². The molecule has 1 atom stereocenters. The maximum Gasteiger partial charge on any atom is 0.327 e. The van der Waals surface area contributed by atoms with Crippen molar-refractivity contribution in [1.29, 1.82) is 0 Å². The van der Waals surface area contributed by atoms with Crippen molar-refractivity contribution in [3.05, 3.63) is 29.3 Å². The number of fused-ring (bicyclic) bond motifs is 1. The number of aryl methyl sites for hydroxylation is 1. The summed E-state index contributed by atoms with van der Waals surface area (Å²) in [6, 6.07) is 5.33. The molecule has 0 spiro atoms. The van der Waals surface area contributed by atoms with Crippen LogP contribution in [0.25, 0.3) is 0 Å². The van der Waals surface area contributed by atoms with Gasteiger partial charge in [0.2, 0.25) is 0 Å². The number of ether oxygens (including phenoxy) is 1. The van der Waals surface area contributed by atoms with Crippen LogP contribution in [0.1, 0.15) is 23.6 Å². The third-order valence-electron chi connectivity index (χ3n) is 2.75. The van der Waals surface area contributed by atoms with E-state index >= 15 is 0 Å². The van der Waals surface area contributed by atoms with Gasteiger partial charge in [-0.15, -0.1) is 11.8 Å². The standard InChI is InChI=1S/C12H15NO2S/c1-15-12(14)11(13)9-4-5-10-8(7-9)3-2-6-16-10/h4-5,7,11H,2-3,6,13H2,1H3. The molecule has 1 heterocycles. The Balaban J connectivity index is 2.26. The topological polar surface area (TPSA) is 52.3 Å². The number of carbonyl (C=O) groups is 1. The Bertz CT molecular complexity index is 406. The van der Waals surface area contributed by atoms with Gasteiger partial charge in [0, 0.05) is 4.90 Å². The summed E-state index contributed by atoms with van der Waals surface area (Å²) in [5.74, 6) is 0.790. The molecule has 0 aromatic heterocycles. The predicted molar refractivity (Wildman–Crippen MR) is 64.4 cm³/mol. The van der Waals surface area contributed by atoms with Gasteiger partial charge in [0.15, 0.2) is 0 Å². The highest BCUT2D eigenvalue weighted by molar-refractivity contribution is 7.99. The van der Waals surface area contributed by atoms with Gasteiger partial charge in [-0.2, -0.15) is 0 Å². The quantitative estimate of drug-likeness (QED) is 0.798. The first-order valence-electron chi connectivity index (χ1n) is 5.31. The number of rotatable bonds is 2. The molecule has 0 fully saturated rings. The number of nitrogens with two attached hydrogens (primary N) is 1. The third kappa shape index (κ3) is 2.23. The van der Waals surface area contributed by atoms with Crippen molar-refractivity contribution in [3.63, 3.8) is 0 Å². The second-order valence-electron chi connectivity index (χ2n) is 3.82. The van der Waals surface area contributed by atoms with Gasteiger partial charge in [0.05, 0.1) is 7.11 Å². The summed E-state index contributed by atoms with van der Waals surface area (Å²) in [4.78, 5) is 12.6. The molecular weight excluding hydrogens is 222 g/mol. The highest BCUT2D eigenvalue weighted by Gasteiger charge is 2.18. The average molecular weight is 237 g/mol. The Hall–Kier alpha value is -1.00. The van der Waals surface area contributed by atoms with E-state index in [-0.39, 0.29) is 5.97 Å². The summed E-state index contributed by atoms with van der Waals surface area (Å²) >= 11 is 1.87. The van der Waals surface area contributed by atoms with E-state index in [2.05, 4.69) is 10.8 Å². The van der Waals surface area contributed by atoms with Crippen molar-refractivity contribution in [2.24, 2.45) is 5.73 Å². The SMILES string of the molecule is COC(=O)C(N)c1ccc2c(c1)CCCS2. The number of hydrogen-bond donors (Lipinski definition) is 1. The molecule has 1 aromatic rings. The molecule has 0 bridgehead atoms. The molecule has 0 saturated carbocycles. The molecule has 16 heavy (non-hydrogen) atoms. The summed E-state index contributed by atoms with van der Waals surface area (Å²) in [5, 5.41) is 0. The number of benzene rings is 1. The van der Waals surface area contributed by atoms with Gasteiger partial charge in [0.25, 0.3) is 0 Å². The lowest BCUT2D eigenvalue weighted by atomic mass is 10.0. The van der Waals surface area contributed by atoms with Crippen molar-refractivity contribution >= 4 is 17.7 Å². The maximum absolute atomic E-state index is 11.3. The molecule has 4 heteroatoms. The molecule has 0 aliphatic carbocycles. The molecule has 3 nitrogen and oxygen atoms in total. The lowest BCUT2D eigenvalue weighted by molar-refractivity contribution is -0.142. The summed E-state index contributed by atoms with van der Waals surface area (Å²) in [7, 11) is 1.36. The highest BCUT2D eigenvalue weighted by atomic mass is 32.2. The third-order valence-corrected chi connectivity index (χ3v) is 3.95. The van der Waals surface area contributed by atoms with Crippen LogP contribution in [0.5, 0.6) is 0 Å². The van der Waals surface area contributed by atoms with E-state index in [4.69, 9.17) is 5.73 Å². The second kappa shape index (κ2) is 4.89. The molecule has 1 aromatic carbocycles. The Morgan fingerprint density at radius 2 is 2.38 bits per heavy atom. The fourth-order valence-electron chi connectivity index (χ4n) is 1.84. The van der Waals surface area contributed by atoms with Crippen molar-refractivity contribution in [2.45, 2.75) is 23.8 Å². The van der Waals surface area contributed by atoms with Gasteiger partial charge in [-0.3, -0.25) is 4.79 Å². The van der Waals surface area contributed by atoms with Crippen LogP contribution in [-0.2, 0) is 16.0 Å². The second-order valence-corrected chi connectivity index (χ2v) is 4.96. The van der Waals surface area contributed by atoms with Gasteiger partial charge < -0.3 is 10.5 Å². The minimum absolute atomic E-state index is 0.386. The lowest BCUT2D eigenvalue weighted by Gasteiger charge is -2.17. The molecule has 0 radical (unpaired) electrons. The zero-order chi connectivity index (χ0) is 11.5. The molecule has 2 N–H and O–H groups in total. The van der Waals surface area contributed by atoms with Crippen molar-refractivity contribution in [1.82, 2.24) is 0 Å². The van der Waals surface area contributed by atoms with Gasteiger partial charge in [0.1, 0.15) is 6.04 Å². The number of carbonyl (C=O) groups excluding carboxylic acids is 1. The van der Waals surface area contributed by atoms with E-state index in [0.717, 1.165) is 12.0 Å². The average Bonchev–Trinajstić information content (AvgIpc) is 2.36. The Kier molecular flexibility index (Phi) is 3.51. The molecule has 1 unspecified atom stereocenters. The first-order valence-corrected chi connectivity index (χ1v) is 6.30. The molecule has 2 rings (SSSR count). The van der Waals surface area contributed by atoms with Crippen LogP contribution < -0.4 is 5.73 Å². The largest absolute Gasteiger partial charge is 0.468 e. The van der Waals surface area contributed by atoms with Gasteiger partial charge in [-0.1, -0.05) is 12.1 Å². The minimum Gasteiger partial charge on any atom is -0.468 e. The fraction of sp³-hybridized carbons (Fsp3) is 0.417. The van der Waals surface area contributed by atoms with Crippen LogP contribution in [0.4, 0.5) is 0 Å². The van der Waals surface area contributed by atoms with Crippen LogP contribution >= 0.6 is 11.8 Å². The minimum atomic E-state index is -0.665. The van der Waals surface area contributed by atoms with E-state index in [1.807, 2.05) is 23.9 Å². The maximum atomic E-state index is 11.3. The van der Waals surface area contributed by atoms with Crippen LogP contribution in [0, 0.1) is 0 Å². The first-order chi connectivity index (χ1) is 7.72. The monoisotopic (exact) mass is 237 g/mol. The summed E-state index contributed by atoms with van der Waals surface area (Å²) in [6.45, 7) is 0. The Morgan fingerprint density at radius 1 is 1.56 bits per heavy atom. The summed E-state index contributed by atoms with van der Waals surface area (Å²) in [5.41, 5.74) is 7.94. The van der Waals surface area contributed by atoms with E-state index < -0.39 is 6.04 Å². The molecule has 0 saturated heterocycles. The fourth-order valence-corrected chi connectivity index (χ4v) is 2.86. The molecule has 1 aliphatic rings.